The molecule has 4 aromatic rings. The van der Waals surface area contributed by atoms with Gasteiger partial charge < -0.3 is 9.15 Å². The smallest absolute Gasteiger partial charge is 0.338 e. The van der Waals surface area contributed by atoms with Crippen molar-refractivity contribution in [2.75, 3.05) is 6.61 Å². The number of aromatic nitrogens is 1. The number of fused-ring (bicyclic) bond motifs is 1. The highest BCUT2D eigenvalue weighted by atomic mass is 35.5. The minimum absolute atomic E-state index is 0.231. The number of hydrogen-bond donors (Lipinski definition) is 0. The van der Waals surface area contributed by atoms with Gasteiger partial charge in [-0.15, -0.1) is 0 Å². The van der Waals surface area contributed by atoms with Gasteiger partial charge in [0.25, 0.3) is 5.56 Å². The lowest BCUT2D eigenvalue weighted by Gasteiger charge is -2.24. The molecule has 0 N–H and O–H groups in total. The van der Waals surface area contributed by atoms with Crippen LogP contribution in [0.1, 0.15) is 31.2 Å². The molecule has 1 aliphatic heterocycles. The summed E-state index contributed by atoms with van der Waals surface area (Å²) in [6.07, 6.45) is 1.70. The number of carbonyl (C=O) groups excluding carboxylic acids is 1. The van der Waals surface area contributed by atoms with E-state index in [4.69, 9.17) is 20.8 Å². The number of thiazole rings is 1. The number of halogens is 1. The number of nitrogens with zero attached hydrogens (tertiary/aromatic N) is 2. The minimum atomic E-state index is -0.632. The zero-order valence-electron chi connectivity index (χ0n) is 19.0. The van der Waals surface area contributed by atoms with E-state index in [1.165, 1.54) is 11.3 Å². The standard InChI is InChI=1S/C27H21ClN2O4S/c1-3-33-26(32)23-16(2)29-27-30(24(23)17-8-5-4-6-9-17)25(31)22(35-27)15-20-12-13-21(34-20)18-10-7-11-19(28)14-18/h4-15,24H,3H2,1-2H3/t24-/m0/s1. The third-order valence-corrected chi connectivity index (χ3v) is 6.86. The summed E-state index contributed by atoms with van der Waals surface area (Å²) in [6.45, 7) is 3.75. The van der Waals surface area contributed by atoms with E-state index in [1.807, 2.05) is 54.6 Å². The Morgan fingerprint density at radius 2 is 1.97 bits per heavy atom. The summed E-state index contributed by atoms with van der Waals surface area (Å²) in [5.74, 6) is 0.700. The van der Waals surface area contributed by atoms with Gasteiger partial charge in [-0.3, -0.25) is 9.36 Å². The van der Waals surface area contributed by atoms with E-state index >= 15 is 0 Å². The molecule has 0 unspecified atom stereocenters. The molecule has 2 aromatic heterocycles. The predicted octanol–water partition coefficient (Wildman–Crippen LogP) is 4.71. The highest BCUT2D eigenvalue weighted by Gasteiger charge is 2.33. The van der Waals surface area contributed by atoms with Crippen LogP contribution in [0.4, 0.5) is 0 Å². The number of furan rings is 1. The normalized spacial score (nSPS) is 15.6. The Balaban J connectivity index is 1.63. The van der Waals surface area contributed by atoms with Crippen LogP contribution in [-0.2, 0) is 9.53 Å². The van der Waals surface area contributed by atoms with Crippen molar-refractivity contribution in [1.82, 2.24) is 4.57 Å². The third kappa shape index (κ3) is 4.40. The third-order valence-electron chi connectivity index (χ3n) is 5.64. The van der Waals surface area contributed by atoms with Gasteiger partial charge in [0, 0.05) is 16.7 Å². The maximum atomic E-state index is 13.6. The second-order valence-electron chi connectivity index (χ2n) is 7.93. The van der Waals surface area contributed by atoms with Gasteiger partial charge in [0.15, 0.2) is 4.80 Å². The first-order valence-corrected chi connectivity index (χ1v) is 12.3. The average molecular weight is 505 g/mol. The molecule has 1 aliphatic rings. The highest BCUT2D eigenvalue weighted by Crippen LogP contribution is 2.30. The number of ether oxygens (including phenoxy) is 1. The van der Waals surface area contributed by atoms with Crippen molar-refractivity contribution < 1.29 is 13.9 Å². The van der Waals surface area contributed by atoms with Gasteiger partial charge >= 0.3 is 5.97 Å². The van der Waals surface area contributed by atoms with Gasteiger partial charge in [-0.25, -0.2) is 9.79 Å². The van der Waals surface area contributed by atoms with Crippen LogP contribution in [0, 0.1) is 0 Å². The van der Waals surface area contributed by atoms with E-state index in [9.17, 15) is 9.59 Å². The molecule has 0 aliphatic carbocycles. The van der Waals surface area contributed by atoms with E-state index in [-0.39, 0.29) is 12.2 Å². The summed E-state index contributed by atoms with van der Waals surface area (Å²) in [5.41, 5.74) is 2.29. The molecule has 8 heteroatoms. The number of hydrogen-bond acceptors (Lipinski definition) is 6. The lowest BCUT2D eigenvalue weighted by Crippen LogP contribution is -2.39. The molecule has 0 saturated carbocycles. The molecule has 35 heavy (non-hydrogen) atoms. The summed E-state index contributed by atoms with van der Waals surface area (Å²) >= 11 is 7.36. The zero-order valence-corrected chi connectivity index (χ0v) is 20.6. The van der Waals surface area contributed by atoms with Crippen LogP contribution in [-0.4, -0.2) is 17.1 Å². The van der Waals surface area contributed by atoms with Gasteiger partial charge in [-0.05, 0) is 43.7 Å². The maximum Gasteiger partial charge on any atom is 0.338 e. The Kier molecular flexibility index (Phi) is 6.28. The number of allylic oxidation sites excluding steroid dienone is 1. The molecule has 0 bridgehead atoms. The molecule has 176 valence electrons. The lowest BCUT2D eigenvalue weighted by atomic mass is 9.96. The van der Waals surface area contributed by atoms with Gasteiger partial charge in [0.05, 0.1) is 28.5 Å². The zero-order chi connectivity index (χ0) is 24.5. The summed E-state index contributed by atoms with van der Waals surface area (Å²) in [7, 11) is 0. The molecule has 3 heterocycles. The van der Waals surface area contributed by atoms with E-state index in [0.29, 0.717) is 37.1 Å². The summed E-state index contributed by atoms with van der Waals surface area (Å²) in [6, 6.07) is 19.8. The Morgan fingerprint density at radius 3 is 2.71 bits per heavy atom. The molecule has 1 atom stereocenters. The Morgan fingerprint density at radius 1 is 1.17 bits per heavy atom. The van der Waals surface area contributed by atoms with Crippen molar-refractivity contribution >= 4 is 35.0 Å². The number of esters is 1. The predicted molar refractivity (Wildman–Crippen MR) is 136 cm³/mol. The molecule has 0 amide bonds. The largest absolute Gasteiger partial charge is 0.463 e. The molecule has 2 aromatic carbocycles. The van der Waals surface area contributed by atoms with Gasteiger partial charge in [-0.2, -0.15) is 0 Å². The first-order valence-electron chi connectivity index (χ1n) is 11.1. The minimum Gasteiger partial charge on any atom is -0.463 e. The first kappa shape index (κ1) is 23.1. The fraction of sp³-hybridized carbons (Fsp3) is 0.148. The quantitative estimate of drug-likeness (QED) is 0.369. The molecule has 0 radical (unpaired) electrons. The van der Waals surface area contributed by atoms with Crippen LogP contribution in [0.2, 0.25) is 5.02 Å². The Labute approximate surface area is 210 Å². The average Bonchev–Trinajstić information content (AvgIpc) is 3.43. The number of benzene rings is 2. The molecular formula is C27H21ClN2O4S. The van der Waals surface area contributed by atoms with Gasteiger partial charge in [0.1, 0.15) is 11.5 Å². The van der Waals surface area contributed by atoms with E-state index in [0.717, 1.165) is 11.1 Å². The van der Waals surface area contributed by atoms with E-state index in [2.05, 4.69) is 4.99 Å². The van der Waals surface area contributed by atoms with Crippen LogP contribution in [0.3, 0.4) is 0 Å². The Hall–Kier alpha value is -3.68. The van der Waals surface area contributed by atoms with Crippen molar-refractivity contribution in [2.24, 2.45) is 4.99 Å². The fourth-order valence-corrected chi connectivity index (χ4v) is 5.32. The topological polar surface area (TPSA) is 73.8 Å². The summed E-state index contributed by atoms with van der Waals surface area (Å²) in [5, 5.41) is 0.613. The molecule has 0 spiro atoms. The monoisotopic (exact) mass is 504 g/mol. The fourth-order valence-electron chi connectivity index (χ4n) is 4.10. The SMILES string of the molecule is CCOC(=O)C1=C(C)N=c2sc(=Cc3ccc(-c4cccc(Cl)c4)o3)c(=O)n2[C@H]1c1ccccc1. The van der Waals surface area contributed by atoms with Crippen molar-refractivity contribution in [3.05, 3.63) is 114 Å². The molecule has 0 fully saturated rings. The van der Waals surface area contributed by atoms with Crippen molar-refractivity contribution in [3.63, 3.8) is 0 Å². The van der Waals surface area contributed by atoms with Crippen molar-refractivity contribution in [2.45, 2.75) is 19.9 Å². The van der Waals surface area contributed by atoms with Crippen molar-refractivity contribution in [1.29, 1.82) is 0 Å². The van der Waals surface area contributed by atoms with Crippen LogP contribution >= 0.6 is 22.9 Å². The summed E-state index contributed by atoms with van der Waals surface area (Å²) < 4.78 is 13.3. The lowest BCUT2D eigenvalue weighted by molar-refractivity contribution is -0.139. The Bertz CT molecular complexity index is 1630. The van der Waals surface area contributed by atoms with E-state index in [1.54, 1.807) is 36.6 Å². The first-order chi connectivity index (χ1) is 17.0. The number of rotatable bonds is 5. The van der Waals surface area contributed by atoms with Crippen molar-refractivity contribution in [3.8, 4) is 11.3 Å². The van der Waals surface area contributed by atoms with Crippen LogP contribution in [0.25, 0.3) is 17.4 Å². The molecule has 5 rings (SSSR count). The van der Waals surface area contributed by atoms with Crippen LogP contribution < -0.4 is 14.9 Å². The number of carbonyl (C=O) groups is 1. The van der Waals surface area contributed by atoms with Gasteiger partial charge in [-0.1, -0.05) is 65.4 Å². The molecular weight excluding hydrogens is 484 g/mol. The molecule has 0 saturated heterocycles. The van der Waals surface area contributed by atoms with E-state index < -0.39 is 12.0 Å². The molecule has 6 nitrogen and oxygen atoms in total. The van der Waals surface area contributed by atoms with Crippen LogP contribution in [0.15, 0.2) is 92.2 Å². The summed E-state index contributed by atoms with van der Waals surface area (Å²) in [4.78, 5) is 31.6. The van der Waals surface area contributed by atoms with Crippen LogP contribution in [0.5, 0.6) is 0 Å². The van der Waals surface area contributed by atoms with Gasteiger partial charge in [0.2, 0.25) is 0 Å². The maximum absolute atomic E-state index is 13.6. The second kappa shape index (κ2) is 9.52. The second-order valence-corrected chi connectivity index (χ2v) is 9.37. The highest BCUT2D eigenvalue weighted by molar-refractivity contribution is 7.07.